The van der Waals surface area contributed by atoms with Gasteiger partial charge in [0.2, 0.25) is 0 Å². The van der Waals surface area contributed by atoms with E-state index in [0.29, 0.717) is 6.42 Å². The minimum atomic E-state index is -0.816. The molecule has 80 valence electrons. The van der Waals surface area contributed by atoms with Crippen LogP contribution in [0.25, 0.3) is 0 Å². The molecular weight excluding hydrogens is 192 g/mol. The van der Waals surface area contributed by atoms with Crippen molar-refractivity contribution in [3.63, 3.8) is 0 Å². The zero-order valence-corrected chi connectivity index (χ0v) is 8.44. The Labute approximate surface area is 88.4 Å². The Hall–Kier alpha value is -1.35. The molecule has 2 N–H and O–H groups in total. The third kappa shape index (κ3) is 2.80. The molecule has 3 heteroatoms. The summed E-state index contributed by atoms with van der Waals surface area (Å²) in [7, 11) is 0. The van der Waals surface area contributed by atoms with Gasteiger partial charge in [0.05, 0.1) is 12.0 Å². The maximum Gasteiger partial charge on any atom is 0.307 e. The maximum absolute atomic E-state index is 10.5. The predicted octanol–water partition coefficient (Wildman–Crippen LogP) is 1.38. The number of rotatable bonds is 4. The first-order valence-corrected chi connectivity index (χ1v) is 5.09. The van der Waals surface area contributed by atoms with Crippen molar-refractivity contribution in [3.05, 3.63) is 35.4 Å². The standard InChI is InChI=1S/C12H14O3/c13-11(14)7-9-1-3-10(4-2-9)8-12(15)5-6-12/h1-4,15H,5-8H2,(H,13,14). The summed E-state index contributed by atoms with van der Waals surface area (Å²) in [5.41, 5.74) is 1.40. The second kappa shape index (κ2) is 3.66. The van der Waals surface area contributed by atoms with E-state index in [1.165, 1.54) is 0 Å². The van der Waals surface area contributed by atoms with E-state index in [4.69, 9.17) is 5.11 Å². The van der Waals surface area contributed by atoms with Crippen LogP contribution in [0.4, 0.5) is 0 Å². The molecule has 3 nitrogen and oxygen atoms in total. The van der Waals surface area contributed by atoms with Gasteiger partial charge in [0.25, 0.3) is 0 Å². The van der Waals surface area contributed by atoms with Gasteiger partial charge in [0.15, 0.2) is 0 Å². The van der Waals surface area contributed by atoms with Crippen LogP contribution in [-0.2, 0) is 17.6 Å². The van der Waals surface area contributed by atoms with Gasteiger partial charge in [0.1, 0.15) is 0 Å². The lowest BCUT2D eigenvalue weighted by atomic mass is 10.0. The summed E-state index contributed by atoms with van der Waals surface area (Å²) in [5, 5.41) is 18.3. The predicted molar refractivity (Wildman–Crippen MR) is 55.7 cm³/mol. The molecule has 1 saturated carbocycles. The monoisotopic (exact) mass is 206 g/mol. The van der Waals surface area contributed by atoms with Crippen molar-refractivity contribution in [2.24, 2.45) is 0 Å². The van der Waals surface area contributed by atoms with E-state index in [0.717, 1.165) is 24.0 Å². The van der Waals surface area contributed by atoms with Crippen LogP contribution in [0.2, 0.25) is 0 Å². The van der Waals surface area contributed by atoms with Crippen molar-refractivity contribution in [2.75, 3.05) is 0 Å². The summed E-state index contributed by atoms with van der Waals surface area (Å²) < 4.78 is 0. The number of hydrogen-bond donors (Lipinski definition) is 2. The molecule has 0 unspecified atom stereocenters. The van der Waals surface area contributed by atoms with E-state index in [1.54, 1.807) is 0 Å². The van der Waals surface area contributed by atoms with Crippen molar-refractivity contribution < 1.29 is 15.0 Å². The second-order valence-electron chi connectivity index (χ2n) is 4.29. The van der Waals surface area contributed by atoms with Crippen molar-refractivity contribution in [3.8, 4) is 0 Å². The quantitative estimate of drug-likeness (QED) is 0.782. The first kappa shape index (κ1) is 10.2. The Morgan fingerprint density at radius 2 is 1.73 bits per heavy atom. The average Bonchev–Trinajstić information content (AvgIpc) is 2.86. The fourth-order valence-corrected chi connectivity index (χ4v) is 1.65. The van der Waals surface area contributed by atoms with Crippen LogP contribution >= 0.6 is 0 Å². The Balaban J connectivity index is 2.00. The van der Waals surface area contributed by atoms with Crippen LogP contribution in [0, 0.1) is 0 Å². The number of aliphatic hydroxyl groups is 1. The Morgan fingerprint density at radius 3 is 2.20 bits per heavy atom. The molecule has 0 bridgehead atoms. The zero-order chi connectivity index (χ0) is 10.9. The molecule has 1 aromatic carbocycles. The molecule has 1 fully saturated rings. The maximum atomic E-state index is 10.5. The number of benzene rings is 1. The van der Waals surface area contributed by atoms with E-state index < -0.39 is 11.6 Å². The fourth-order valence-electron chi connectivity index (χ4n) is 1.65. The number of carbonyl (C=O) groups is 1. The Kier molecular flexibility index (Phi) is 2.49. The van der Waals surface area contributed by atoms with Crippen LogP contribution in [-0.4, -0.2) is 21.8 Å². The average molecular weight is 206 g/mol. The highest BCUT2D eigenvalue weighted by Crippen LogP contribution is 2.38. The van der Waals surface area contributed by atoms with Gasteiger partial charge < -0.3 is 10.2 Å². The molecule has 0 spiro atoms. The molecule has 1 aliphatic rings. The SMILES string of the molecule is O=C(O)Cc1ccc(CC2(O)CC2)cc1. The number of carboxylic acids is 1. The summed E-state index contributed by atoms with van der Waals surface area (Å²) in [6, 6.07) is 7.42. The summed E-state index contributed by atoms with van der Waals surface area (Å²) in [5.74, 6) is -0.816. The topological polar surface area (TPSA) is 57.5 Å². The van der Waals surface area contributed by atoms with Crippen LogP contribution in [0.3, 0.4) is 0 Å². The summed E-state index contributed by atoms with van der Waals surface area (Å²) >= 11 is 0. The minimum Gasteiger partial charge on any atom is -0.481 e. The lowest BCUT2D eigenvalue weighted by molar-refractivity contribution is -0.136. The Morgan fingerprint density at radius 1 is 1.20 bits per heavy atom. The molecule has 0 atom stereocenters. The van der Waals surface area contributed by atoms with Gasteiger partial charge in [-0.2, -0.15) is 0 Å². The number of hydrogen-bond acceptors (Lipinski definition) is 2. The highest BCUT2D eigenvalue weighted by molar-refractivity contribution is 5.70. The molecule has 0 saturated heterocycles. The highest BCUT2D eigenvalue weighted by atomic mass is 16.4. The molecule has 0 radical (unpaired) electrons. The number of aliphatic carboxylic acids is 1. The van der Waals surface area contributed by atoms with Gasteiger partial charge in [-0.25, -0.2) is 0 Å². The van der Waals surface area contributed by atoms with Gasteiger partial charge in [-0.3, -0.25) is 4.79 Å². The Bertz CT molecular complexity index is 363. The number of carboxylic acid groups (broad SMARTS) is 1. The lowest BCUT2D eigenvalue weighted by Crippen LogP contribution is -2.10. The summed E-state index contributed by atoms with van der Waals surface area (Å²) in [4.78, 5) is 10.5. The van der Waals surface area contributed by atoms with E-state index >= 15 is 0 Å². The molecule has 15 heavy (non-hydrogen) atoms. The van der Waals surface area contributed by atoms with E-state index in [-0.39, 0.29) is 6.42 Å². The van der Waals surface area contributed by atoms with Gasteiger partial charge in [0, 0.05) is 6.42 Å². The molecule has 0 aliphatic heterocycles. The molecular formula is C12H14O3. The van der Waals surface area contributed by atoms with Gasteiger partial charge >= 0.3 is 5.97 Å². The van der Waals surface area contributed by atoms with Gasteiger partial charge in [-0.15, -0.1) is 0 Å². The third-order valence-electron chi connectivity index (χ3n) is 2.74. The van der Waals surface area contributed by atoms with Crippen LogP contribution in [0.15, 0.2) is 24.3 Å². The van der Waals surface area contributed by atoms with Crippen molar-refractivity contribution in [1.82, 2.24) is 0 Å². The first-order chi connectivity index (χ1) is 7.07. The van der Waals surface area contributed by atoms with Crippen LogP contribution in [0.5, 0.6) is 0 Å². The molecule has 1 aliphatic carbocycles. The lowest BCUT2D eigenvalue weighted by Gasteiger charge is -2.07. The largest absolute Gasteiger partial charge is 0.481 e. The first-order valence-electron chi connectivity index (χ1n) is 5.09. The zero-order valence-electron chi connectivity index (χ0n) is 8.44. The minimum absolute atomic E-state index is 0.0601. The molecule has 0 amide bonds. The summed E-state index contributed by atoms with van der Waals surface area (Å²) in [6.45, 7) is 0. The molecule has 0 heterocycles. The van der Waals surface area contributed by atoms with Crippen molar-refractivity contribution >= 4 is 5.97 Å². The van der Waals surface area contributed by atoms with Gasteiger partial charge in [-0.05, 0) is 24.0 Å². The van der Waals surface area contributed by atoms with E-state index in [9.17, 15) is 9.90 Å². The second-order valence-corrected chi connectivity index (χ2v) is 4.29. The third-order valence-corrected chi connectivity index (χ3v) is 2.74. The molecule has 0 aromatic heterocycles. The molecule has 1 aromatic rings. The van der Waals surface area contributed by atoms with Crippen LogP contribution < -0.4 is 0 Å². The van der Waals surface area contributed by atoms with Gasteiger partial charge in [-0.1, -0.05) is 24.3 Å². The summed E-state index contributed by atoms with van der Waals surface area (Å²) in [6.07, 6.45) is 2.50. The van der Waals surface area contributed by atoms with Crippen molar-refractivity contribution in [1.29, 1.82) is 0 Å². The molecule has 2 rings (SSSR count). The van der Waals surface area contributed by atoms with E-state index in [1.807, 2.05) is 24.3 Å². The fraction of sp³-hybridized carbons (Fsp3) is 0.417. The smallest absolute Gasteiger partial charge is 0.307 e. The van der Waals surface area contributed by atoms with Crippen molar-refractivity contribution in [2.45, 2.75) is 31.3 Å². The van der Waals surface area contributed by atoms with E-state index in [2.05, 4.69) is 0 Å². The normalized spacial score (nSPS) is 17.4. The highest BCUT2D eigenvalue weighted by Gasteiger charge is 2.39. The van der Waals surface area contributed by atoms with Crippen LogP contribution in [0.1, 0.15) is 24.0 Å².